The maximum atomic E-state index is 13.0. The van der Waals surface area contributed by atoms with Gasteiger partial charge in [-0.1, -0.05) is 13.8 Å². The standard InChI is InChI=1S/C19H15FN4O3.C2H6/c20-13-5-9-15(10-6-13)27-19-16(2-1-11-22-19)18(26)24-23-17(25)12-3-7-14(21)8-4-12;1-2/h1-11H,21H2,(H,23,25)(H,24,26);1-2H3. The molecule has 3 rings (SSSR count). The summed E-state index contributed by atoms with van der Waals surface area (Å²) in [7, 11) is 0. The van der Waals surface area contributed by atoms with Crippen molar-refractivity contribution in [1.82, 2.24) is 15.8 Å². The van der Waals surface area contributed by atoms with Gasteiger partial charge in [-0.2, -0.15) is 0 Å². The minimum Gasteiger partial charge on any atom is -0.438 e. The molecule has 0 saturated carbocycles. The van der Waals surface area contributed by atoms with Crippen molar-refractivity contribution < 1.29 is 18.7 Å². The first-order valence-corrected chi connectivity index (χ1v) is 8.87. The van der Waals surface area contributed by atoms with Crippen LogP contribution >= 0.6 is 0 Å². The van der Waals surface area contributed by atoms with Crippen molar-refractivity contribution in [1.29, 1.82) is 0 Å². The minimum absolute atomic E-state index is 0.0170. The lowest BCUT2D eigenvalue weighted by atomic mass is 10.2. The second kappa shape index (κ2) is 10.4. The number of hydrogen-bond acceptors (Lipinski definition) is 5. The van der Waals surface area contributed by atoms with Gasteiger partial charge in [0.2, 0.25) is 5.88 Å². The number of amides is 2. The van der Waals surface area contributed by atoms with Crippen LogP contribution in [0.15, 0.2) is 66.9 Å². The molecule has 29 heavy (non-hydrogen) atoms. The first kappa shape index (κ1) is 21.4. The number of nitrogens with one attached hydrogen (secondary N) is 2. The maximum absolute atomic E-state index is 13.0. The number of anilines is 1. The Balaban J connectivity index is 0.00000145. The number of carbonyl (C=O) groups is 2. The maximum Gasteiger partial charge on any atom is 0.275 e. The Kier molecular flexibility index (Phi) is 7.67. The molecule has 3 aromatic rings. The summed E-state index contributed by atoms with van der Waals surface area (Å²) in [6.07, 6.45) is 1.45. The molecule has 150 valence electrons. The molecule has 4 N–H and O–H groups in total. The van der Waals surface area contributed by atoms with Gasteiger partial charge in [-0.05, 0) is 60.7 Å². The van der Waals surface area contributed by atoms with E-state index < -0.39 is 17.6 Å². The van der Waals surface area contributed by atoms with Crippen LogP contribution in [-0.2, 0) is 0 Å². The van der Waals surface area contributed by atoms with Gasteiger partial charge < -0.3 is 10.5 Å². The van der Waals surface area contributed by atoms with Crippen LogP contribution in [0.1, 0.15) is 34.6 Å². The SMILES string of the molecule is CC.Nc1ccc(C(=O)NNC(=O)c2cccnc2Oc2ccc(F)cc2)cc1. The van der Waals surface area contributed by atoms with Crippen molar-refractivity contribution in [3.63, 3.8) is 0 Å². The molecule has 0 saturated heterocycles. The number of aromatic nitrogens is 1. The molecule has 0 unspecified atom stereocenters. The third-order valence-electron chi connectivity index (χ3n) is 3.51. The van der Waals surface area contributed by atoms with Gasteiger partial charge in [0.05, 0.1) is 0 Å². The monoisotopic (exact) mass is 396 g/mol. The van der Waals surface area contributed by atoms with E-state index in [1.807, 2.05) is 13.8 Å². The summed E-state index contributed by atoms with van der Waals surface area (Å²) in [5.41, 5.74) is 11.1. The average Bonchev–Trinajstić information content (AvgIpc) is 2.76. The number of nitrogens with zero attached hydrogens (tertiary/aromatic N) is 1. The van der Waals surface area contributed by atoms with Gasteiger partial charge in [0.15, 0.2) is 0 Å². The summed E-state index contributed by atoms with van der Waals surface area (Å²) in [6.45, 7) is 4.00. The number of rotatable bonds is 4. The number of carbonyl (C=O) groups excluding carboxylic acids is 2. The number of nitrogen functional groups attached to an aromatic ring is 1. The molecule has 0 aliphatic carbocycles. The second-order valence-electron chi connectivity index (χ2n) is 5.44. The molecule has 0 radical (unpaired) electrons. The Morgan fingerprint density at radius 2 is 1.55 bits per heavy atom. The van der Waals surface area contributed by atoms with Crippen molar-refractivity contribution in [3.8, 4) is 11.6 Å². The average molecular weight is 396 g/mol. The summed E-state index contributed by atoms with van der Waals surface area (Å²) < 4.78 is 18.5. The van der Waals surface area contributed by atoms with Crippen LogP contribution in [0.2, 0.25) is 0 Å². The molecule has 1 heterocycles. The Bertz CT molecular complexity index is 960. The fourth-order valence-corrected chi connectivity index (χ4v) is 2.15. The predicted octanol–water partition coefficient (Wildman–Crippen LogP) is 3.70. The lowest BCUT2D eigenvalue weighted by molar-refractivity contribution is 0.0845. The van der Waals surface area contributed by atoms with Crippen LogP contribution < -0.4 is 21.3 Å². The van der Waals surface area contributed by atoms with Gasteiger partial charge in [0, 0.05) is 17.4 Å². The van der Waals surface area contributed by atoms with Crippen LogP contribution in [0.3, 0.4) is 0 Å². The molecule has 0 aliphatic rings. The van der Waals surface area contributed by atoms with E-state index in [0.717, 1.165) is 0 Å². The van der Waals surface area contributed by atoms with E-state index >= 15 is 0 Å². The van der Waals surface area contributed by atoms with Gasteiger partial charge in [-0.25, -0.2) is 9.37 Å². The molecule has 8 heteroatoms. The van der Waals surface area contributed by atoms with Gasteiger partial charge >= 0.3 is 0 Å². The second-order valence-corrected chi connectivity index (χ2v) is 5.44. The number of halogens is 1. The van der Waals surface area contributed by atoms with E-state index in [-0.39, 0.29) is 11.4 Å². The Labute approximate surface area is 167 Å². The van der Waals surface area contributed by atoms with Crippen LogP contribution in [0.25, 0.3) is 0 Å². The lowest BCUT2D eigenvalue weighted by Gasteiger charge is -2.11. The normalized spacial score (nSPS) is 9.62. The summed E-state index contributed by atoms with van der Waals surface area (Å²) >= 11 is 0. The van der Waals surface area contributed by atoms with E-state index in [9.17, 15) is 14.0 Å². The number of nitrogens with two attached hydrogens (primary N) is 1. The number of ether oxygens (including phenoxy) is 1. The third kappa shape index (κ3) is 6.03. The van der Waals surface area contributed by atoms with E-state index in [4.69, 9.17) is 10.5 Å². The van der Waals surface area contributed by atoms with Gasteiger partial charge in [0.25, 0.3) is 11.8 Å². The highest BCUT2D eigenvalue weighted by Gasteiger charge is 2.15. The molecule has 0 spiro atoms. The summed E-state index contributed by atoms with van der Waals surface area (Å²) in [6, 6.07) is 14.5. The predicted molar refractivity (Wildman–Crippen MR) is 108 cm³/mol. The van der Waals surface area contributed by atoms with E-state index in [1.54, 1.807) is 18.2 Å². The van der Waals surface area contributed by atoms with Crippen molar-refractivity contribution in [3.05, 3.63) is 83.8 Å². The Morgan fingerprint density at radius 3 is 2.21 bits per heavy atom. The molecule has 0 fully saturated rings. The van der Waals surface area contributed by atoms with Crippen LogP contribution in [0.5, 0.6) is 11.6 Å². The first-order chi connectivity index (χ1) is 14.0. The Hall–Kier alpha value is -3.94. The van der Waals surface area contributed by atoms with Crippen LogP contribution in [0, 0.1) is 5.82 Å². The largest absolute Gasteiger partial charge is 0.438 e. The zero-order valence-corrected chi connectivity index (χ0v) is 16.0. The van der Waals surface area contributed by atoms with Gasteiger partial charge in [-0.15, -0.1) is 0 Å². The van der Waals surface area contributed by atoms with Crippen LogP contribution in [0.4, 0.5) is 10.1 Å². The molecular weight excluding hydrogens is 375 g/mol. The molecular formula is C21H21FN4O3. The summed E-state index contributed by atoms with van der Waals surface area (Å²) in [5, 5.41) is 0. The molecule has 0 bridgehead atoms. The van der Waals surface area contributed by atoms with Crippen molar-refractivity contribution in [2.45, 2.75) is 13.8 Å². The number of hydrazine groups is 1. The highest BCUT2D eigenvalue weighted by Crippen LogP contribution is 2.22. The lowest BCUT2D eigenvalue weighted by Crippen LogP contribution is -2.41. The first-order valence-electron chi connectivity index (χ1n) is 8.87. The number of hydrogen-bond donors (Lipinski definition) is 3. The summed E-state index contributed by atoms with van der Waals surface area (Å²) in [5.74, 6) is -1.21. The van der Waals surface area contributed by atoms with Crippen molar-refractivity contribution >= 4 is 17.5 Å². The fourth-order valence-electron chi connectivity index (χ4n) is 2.15. The summed E-state index contributed by atoms with van der Waals surface area (Å²) in [4.78, 5) is 28.4. The molecule has 1 aromatic heterocycles. The molecule has 0 aliphatic heterocycles. The van der Waals surface area contributed by atoms with Crippen molar-refractivity contribution in [2.24, 2.45) is 0 Å². The zero-order valence-electron chi connectivity index (χ0n) is 16.0. The zero-order chi connectivity index (χ0) is 21.2. The molecule has 0 atom stereocenters. The van der Waals surface area contributed by atoms with E-state index in [0.29, 0.717) is 17.0 Å². The quantitative estimate of drug-likeness (QED) is 0.461. The molecule has 2 amide bonds. The third-order valence-corrected chi connectivity index (χ3v) is 3.51. The van der Waals surface area contributed by atoms with E-state index in [2.05, 4.69) is 15.8 Å². The fraction of sp³-hybridized carbons (Fsp3) is 0.0952. The highest BCUT2D eigenvalue weighted by atomic mass is 19.1. The Morgan fingerprint density at radius 1 is 0.931 bits per heavy atom. The smallest absolute Gasteiger partial charge is 0.275 e. The van der Waals surface area contributed by atoms with E-state index in [1.165, 1.54) is 48.7 Å². The minimum atomic E-state index is -0.621. The highest BCUT2D eigenvalue weighted by molar-refractivity contribution is 6.00. The van der Waals surface area contributed by atoms with Gasteiger partial charge in [0.1, 0.15) is 17.1 Å². The molecule has 2 aromatic carbocycles. The van der Waals surface area contributed by atoms with Crippen molar-refractivity contribution in [2.75, 3.05) is 5.73 Å². The number of benzene rings is 2. The number of pyridine rings is 1. The molecule has 7 nitrogen and oxygen atoms in total. The van der Waals surface area contributed by atoms with Crippen LogP contribution in [-0.4, -0.2) is 16.8 Å². The topological polar surface area (TPSA) is 106 Å². The van der Waals surface area contributed by atoms with Gasteiger partial charge in [-0.3, -0.25) is 20.4 Å².